The van der Waals surface area contributed by atoms with Gasteiger partial charge in [0.15, 0.2) is 0 Å². The van der Waals surface area contributed by atoms with Crippen molar-refractivity contribution in [1.82, 2.24) is 21.0 Å². The number of nitriles is 1. The normalized spacial score (nSPS) is 9.93. The number of carbonyl (C=O) groups is 2. The lowest BCUT2D eigenvalue weighted by Crippen LogP contribution is -2.41. The Morgan fingerprint density at radius 2 is 1.70 bits per heavy atom. The van der Waals surface area contributed by atoms with E-state index in [-0.39, 0.29) is 5.69 Å². The summed E-state index contributed by atoms with van der Waals surface area (Å²) in [6, 6.07) is 16.8. The monoisotopic (exact) mass is 361 g/mol. The standard InChI is InChI=1S/C19H15N5O3/c1-27-15-8-6-13(7-9-15)16-10-17(22-21-16)19(26)24-23-18(25)14-4-2-12(11-20)3-5-14/h2-10H,1H3,(H,21,22)(H,23,25)(H,24,26). The summed E-state index contributed by atoms with van der Waals surface area (Å²) >= 11 is 0. The van der Waals surface area contributed by atoms with E-state index in [0.717, 1.165) is 11.3 Å². The molecule has 3 rings (SSSR count). The smallest absolute Gasteiger partial charge is 0.287 e. The van der Waals surface area contributed by atoms with Crippen molar-refractivity contribution in [3.05, 3.63) is 71.4 Å². The molecule has 2 aromatic carbocycles. The zero-order valence-corrected chi connectivity index (χ0v) is 14.3. The number of ether oxygens (including phenoxy) is 1. The molecule has 2 amide bonds. The van der Waals surface area contributed by atoms with Crippen LogP contribution in [0.3, 0.4) is 0 Å². The van der Waals surface area contributed by atoms with Gasteiger partial charge in [-0.25, -0.2) is 0 Å². The fraction of sp³-hybridized carbons (Fsp3) is 0.0526. The number of benzene rings is 2. The summed E-state index contributed by atoms with van der Waals surface area (Å²) in [5.41, 5.74) is 6.98. The minimum absolute atomic E-state index is 0.195. The summed E-state index contributed by atoms with van der Waals surface area (Å²) in [5.74, 6) is -0.315. The molecule has 3 N–H and O–H groups in total. The Kier molecular flexibility index (Phi) is 5.14. The summed E-state index contributed by atoms with van der Waals surface area (Å²) in [5, 5.41) is 15.5. The molecule has 134 valence electrons. The minimum atomic E-state index is -0.538. The van der Waals surface area contributed by atoms with Crippen molar-refractivity contribution in [2.24, 2.45) is 0 Å². The predicted octanol–water partition coefficient (Wildman–Crippen LogP) is 2.03. The number of nitrogens with one attached hydrogen (secondary N) is 3. The molecule has 0 radical (unpaired) electrons. The van der Waals surface area contributed by atoms with Crippen molar-refractivity contribution >= 4 is 11.8 Å². The van der Waals surface area contributed by atoms with Crippen LogP contribution in [0, 0.1) is 11.3 Å². The molecule has 0 aliphatic carbocycles. The fourth-order valence-electron chi connectivity index (χ4n) is 2.30. The van der Waals surface area contributed by atoms with E-state index in [1.807, 2.05) is 18.2 Å². The molecule has 0 saturated carbocycles. The first-order chi connectivity index (χ1) is 13.1. The van der Waals surface area contributed by atoms with Gasteiger partial charge in [-0.15, -0.1) is 0 Å². The van der Waals surface area contributed by atoms with Gasteiger partial charge in [-0.2, -0.15) is 10.4 Å². The average molecular weight is 361 g/mol. The van der Waals surface area contributed by atoms with Gasteiger partial charge < -0.3 is 4.74 Å². The number of H-pyrrole nitrogens is 1. The molecule has 0 unspecified atom stereocenters. The SMILES string of the molecule is COc1ccc(-c2cc(C(=O)NNC(=O)c3ccc(C#N)cc3)[nH]n2)cc1. The third kappa shape index (κ3) is 4.11. The Hall–Kier alpha value is -4.12. The largest absolute Gasteiger partial charge is 0.497 e. The van der Waals surface area contributed by atoms with Crippen LogP contribution in [-0.2, 0) is 0 Å². The average Bonchev–Trinajstić information content (AvgIpc) is 3.22. The van der Waals surface area contributed by atoms with Gasteiger partial charge in [0.1, 0.15) is 11.4 Å². The molecular formula is C19H15N5O3. The highest BCUT2D eigenvalue weighted by molar-refractivity contribution is 5.98. The fourth-order valence-corrected chi connectivity index (χ4v) is 2.30. The zero-order chi connectivity index (χ0) is 19.2. The van der Waals surface area contributed by atoms with Gasteiger partial charge in [-0.3, -0.25) is 25.5 Å². The molecule has 0 atom stereocenters. The maximum absolute atomic E-state index is 12.2. The molecular weight excluding hydrogens is 346 g/mol. The summed E-state index contributed by atoms with van der Waals surface area (Å²) in [6.07, 6.45) is 0. The predicted molar refractivity (Wildman–Crippen MR) is 96.7 cm³/mol. The number of hydrazine groups is 1. The number of hydrogen-bond acceptors (Lipinski definition) is 5. The molecule has 0 aliphatic heterocycles. The summed E-state index contributed by atoms with van der Waals surface area (Å²) in [7, 11) is 1.58. The first-order valence-corrected chi connectivity index (χ1v) is 7.91. The number of aromatic nitrogens is 2. The van der Waals surface area contributed by atoms with Gasteiger partial charge in [0.25, 0.3) is 11.8 Å². The Labute approximate surface area is 154 Å². The van der Waals surface area contributed by atoms with E-state index in [0.29, 0.717) is 16.8 Å². The number of hydrogen-bond donors (Lipinski definition) is 3. The van der Waals surface area contributed by atoms with Gasteiger partial charge in [0.05, 0.1) is 24.4 Å². The van der Waals surface area contributed by atoms with Crippen molar-refractivity contribution in [3.8, 4) is 23.1 Å². The van der Waals surface area contributed by atoms with Gasteiger partial charge >= 0.3 is 0 Å². The molecule has 0 fully saturated rings. The summed E-state index contributed by atoms with van der Waals surface area (Å²) in [4.78, 5) is 24.2. The highest BCUT2D eigenvalue weighted by atomic mass is 16.5. The molecule has 3 aromatic rings. The second kappa shape index (κ2) is 7.84. The molecule has 1 heterocycles. The molecule has 0 aliphatic rings. The van der Waals surface area contributed by atoms with E-state index in [4.69, 9.17) is 10.00 Å². The van der Waals surface area contributed by atoms with Crippen LogP contribution < -0.4 is 15.6 Å². The number of carbonyl (C=O) groups excluding carboxylic acids is 2. The number of nitrogens with zero attached hydrogens (tertiary/aromatic N) is 2. The highest BCUT2D eigenvalue weighted by Crippen LogP contribution is 2.21. The summed E-state index contributed by atoms with van der Waals surface area (Å²) < 4.78 is 5.10. The van der Waals surface area contributed by atoms with E-state index in [2.05, 4.69) is 21.0 Å². The molecule has 8 heteroatoms. The van der Waals surface area contributed by atoms with Crippen LogP contribution >= 0.6 is 0 Å². The van der Waals surface area contributed by atoms with Crippen LogP contribution in [0.15, 0.2) is 54.6 Å². The summed E-state index contributed by atoms with van der Waals surface area (Å²) in [6.45, 7) is 0. The molecule has 27 heavy (non-hydrogen) atoms. The number of amides is 2. The molecule has 0 saturated heterocycles. The van der Waals surface area contributed by atoms with Crippen molar-refractivity contribution < 1.29 is 14.3 Å². The van der Waals surface area contributed by atoms with Crippen LogP contribution in [-0.4, -0.2) is 29.1 Å². The molecule has 0 bridgehead atoms. The zero-order valence-electron chi connectivity index (χ0n) is 14.3. The lowest BCUT2D eigenvalue weighted by Gasteiger charge is -2.06. The molecule has 1 aromatic heterocycles. The maximum Gasteiger partial charge on any atom is 0.287 e. The van der Waals surface area contributed by atoms with Crippen LogP contribution in [0.4, 0.5) is 0 Å². The number of aromatic amines is 1. The van der Waals surface area contributed by atoms with E-state index in [9.17, 15) is 9.59 Å². The van der Waals surface area contributed by atoms with E-state index in [1.165, 1.54) is 24.3 Å². The van der Waals surface area contributed by atoms with E-state index in [1.54, 1.807) is 25.3 Å². The Morgan fingerprint density at radius 1 is 1.04 bits per heavy atom. The maximum atomic E-state index is 12.2. The van der Waals surface area contributed by atoms with Gasteiger partial charge in [0.2, 0.25) is 0 Å². The number of rotatable bonds is 4. The third-order valence-electron chi connectivity index (χ3n) is 3.77. The molecule has 8 nitrogen and oxygen atoms in total. The van der Waals surface area contributed by atoms with Crippen LogP contribution in [0.25, 0.3) is 11.3 Å². The lowest BCUT2D eigenvalue weighted by atomic mass is 10.1. The van der Waals surface area contributed by atoms with Crippen molar-refractivity contribution in [2.45, 2.75) is 0 Å². The van der Waals surface area contributed by atoms with E-state index < -0.39 is 11.8 Å². The Balaban J connectivity index is 1.61. The molecule has 0 spiro atoms. The lowest BCUT2D eigenvalue weighted by molar-refractivity contribution is 0.0844. The van der Waals surface area contributed by atoms with Crippen molar-refractivity contribution in [2.75, 3.05) is 7.11 Å². The second-order valence-corrected chi connectivity index (χ2v) is 5.49. The van der Waals surface area contributed by atoms with Gasteiger partial charge in [0, 0.05) is 11.1 Å². The topological polar surface area (TPSA) is 120 Å². The van der Waals surface area contributed by atoms with Gasteiger partial charge in [-0.1, -0.05) is 0 Å². The van der Waals surface area contributed by atoms with Crippen molar-refractivity contribution in [3.63, 3.8) is 0 Å². The first-order valence-electron chi connectivity index (χ1n) is 7.91. The number of methoxy groups -OCH3 is 1. The third-order valence-corrected chi connectivity index (χ3v) is 3.77. The van der Waals surface area contributed by atoms with Crippen LogP contribution in [0.2, 0.25) is 0 Å². The second-order valence-electron chi connectivity index (χ2n) is 5.49. The highest BCUT2D eigenvalue weighted by Gasteiger charge is 2.13. The van der Waals surface area contributed by atoms with Gasteiger partial charge in [-0.05, 0) is 54.6 Å². The Bertz CT molecular complexity index is 1000. The van der Waals surface area contributed by atoms with Crippen LogP contribution in [0.1, 0.15) is 26.4 Å². The quantitative estimate of drug-likeness (QED) is 0.614. The van der Waals surface area contributed by atoms with E-state index >= 15 is 0 Å². The minimum Gasteiger partial charge on any atom is -0.497 e. The first kappa shape index (κ1) is 17.7. The Morgan fingerprint density at radius 3 is 2.33 bits per heavy atom. The van der Waals surface area contributed by atoms with Crippen molar-refractivity contribution in [1.29, 1.82) is 5.26 Å². The van der Waals surface area contributed by atoms with Crippen LogP contribution in [0.5, 0.6) is 5.75 Å².